The van der Waals surface area contributed by atoms with Crippen molar-refractivity contribution in [1.82, 2.24) is 0 Å². The molecule has 2 rings (SSSR count). The van der Waals surface area contributed by atoms with E-state index in [0.29, 0.717) is 34.6 Å². The maximum absolute atomic E-state index is 13.0. The van der Waals surface area contributed by atoms with Crippen LogP contribution in [0.5, 0.6) is 0 Å². The summed E-state index contributed by atoms with van der Waals surface area (Å²) >= 11 is 0. The van der Waals surface area contributed by atoms with E-state index < -0.39 is 0 Å². The first-order valence-electron chi connectivity index (χ1n) is 20.8. The third kappa shape index (κ3) is 18.4. The van der Waals surface area contributed by atoms with Gasteiger partial charge in [-0.05, 0) is 158 Å². The number of ketones is 2. The summed E-state index contributed by atoms with van der Waals surface area (Å²) in [6.07, 6.45) is 34.5. The fraction of sp³-hybridized carbons (Fsp3) is 0.529. The molecule has 0 radical (unpaired) electrons. The van der Waals surface area contributed by atoms with Gasteiger partial charge < -0.3 is 0 Å². The molecule has 53 heavy (non-hydrogen) atoms. The monoisotopic (exact) mass is 719 g/mol. The minimum absolute atomic E-state index is 0.00134. The molecular weight excluding hydrogens is 645 g/mol. The zero-order chi connectivity index (χ0) is 39.2. The number of carbonyl (C=O) groups is 2. The van der Waals surface area contributed by atoms with Crippen LogP contribution in [0.1, 0.15) is 193 Å². The second kappa shape index (κ2) is 25.5. The van der Waals surface area contributed by atoms with Crippen LogP contribution >= 0.6 is 0 Å². The van der Waals surface area contributed by atoms with E-state index in [2.05, 4.69) is 105 Å². The summed E-state index contributed by atoms with van der Waals surface area (Å²) in [5.41, 5.74) is 12.7. The number of benzene rings is 1. The predicted molar refractivity (Wildman–Crippen MR) is 233 cm³/mol. The summed E-state index contributed by atoms with van der Waals surface area (Å²) in [4.78, 5) is 25.8. The van der Waals surface area contributed by atoms with E-state index >= 15 is 0 Å². The zero-order valence-corrected chi connectivity index (χ0v) is 35.6. The summed E-state index contributed by atoms with van der Waals surface area (Å²) in [7, 11) is 0. The Labute approximate surface area is 326 Å². The number of rotatable bonds is 24. The van der Waals surface area contributed by atoms with Gasteiger partial charge in [-0.3, -0.25) is 9.59 Å². The van der Waals surface area contributed by atoms with Crippen molar-refractivity contribution >= 4 is 11.6 Å². The third-order valence-electron chi connectivity index (χ3n) is 11.0. The Morgan fingerprint density at radius 3 is 1.40 bits per heavy atom. The van der Waals surface area contributed by atoms with Crippen molar-refractivity contribution in [2.75, 3.05) is 0 Å². The van der Waals surface area contributed by atoms with E-state index in [-0.39, 0.29) is 11.6 Å². The predicted octanol–water partition coefficient (Wildman–Crippen LogP) is 15.9. The first-order chi connectivity index (χ1) is 25.3. The van der Waals surface area contributed by atoms with Crippen molar-refractivity contribution in [1.29, 1.82) is 0 Å². The van der Waals surface area contributed by atoms with Crippen LogP contribution < -0.4 is 0 Å². The molecule has 0 aromatic heterocycles. The van der Waals surface area contributed by atoms with Crippen LogP contribution in [0.25, 0.3) is 0 Å². The quantitative estimate of drug-likeness (QED) is 0.0997. The molecule has 0 amide bonds. The van der Waals surface area contributed by atoms with Gasteiger partial charge >= 0.3 is 0 Å². The summed E-state index contributed by atoms with van der Waals surface area (Å²) in [6, 6.07) is 7.18. The lowest BCUT2D eigenvalue weighted by molar-refractivity contribution is 0.0973. The van der Waals surface area contributed by atoms with Gasteiger partial charge in [0, 0.05) is 22.3 Å². The first-order valence-corrected chi connectivity index (χ1v) is 20.8. The molecule has 0 heterocycles. The van der Waals surface area contributed by atoms with E-state index in [0.717, 1.165) is 70.6 Å². The molecule has 290 valence electrons. The molecule has 0 aliphatic heterocycles. The lowest BCUT2D eigenvalue weighted by Gasteiger charge is -2.18. The van der Waals surface area contributed by atoms with Gasteiger partial charge in [0.05, 0.1) is 0 Å². The lowest BCUT2D eigenvalue weighted by atomic mass is 9.83. The van der Waals surface area contributed by atoms with Gasteiger partial charge in [0.25, 0.3) is 0 Å². The molecule has 2 nitrogen and oxygen atoms in total. The molecule has 1 aliphatic carbocycles. The van der Waals surface area contributed by atoms with E-state index in [1.807, 2.05) is 12.1 Å². The summed E-state index contributed by atoms with van der Waals surface area (Å²) < 4.78 is 0. The molecule has 0 bridgehead atoms. The molecule has 0 N–H and O–H groups in total. The van der Waals surface area contributed by atoms with Crippen LogP contribution in [0.15, 0.2) is 117 Å². The number of hydrogen-bond acceptors (Lipinski definition) is 2. The van der Waals surface area contributed by atoms with Gasteiger partial charge in [0.1, 0.15) is 0 Å². The van der Waals surface area contributed by atoms with Crippen LogP contribution in [0, 0.1) is 5.92 Å². The Balaban J connectivity index is 1.61. The Morgan fingerprint density at radius 2 is 0.943 bits per heavy atom. The number of carbonyl (C=O) groups excluding carboxylic acids is 2. The number of allylic oxidation sites excluding steroid dienone is 16. The van der Waals surface area contributed by atoms with Crippen LogP contribution in [0.3, 0.4) is 0 Å². The Hall–Kier alpha value is -3.52. The first kappa shape index (κ1) is 45.6. The third-order valence-corrected chi connectivity index (χ3v) is 11.0. The molecule has 0 saturated heterocycles. The van der Waals surface area contributed by atoms with E-state index in [1.54, 1.807) is 19.1 Å². The number of fused-ring (bicyclic) bond motifs is 1. The fourth-order valence-corrected chi connectivity index (χ4v) is 6.81. The lowest BCUT2D eigenvalue weighted by Crippen LogP contribution is -2.20. The normalized spacial score (nSPS) is 16.2. The van der Waals surface area contributed by atoms with E-state index in [9.17, 15) is 9.59 Å². The standard InChI is InChI=1S/C51H74O2/c1-11-38(2)20-14-21-39(3)22-15-23-40(4)24-16-25-41(5)26-17-27-42(6)28-18-29-43(7)34-35-44(8)30-19-31-45(9)36-37-47-46(10)50(52)48-32-12-13-33-49(48)51(47)53/h12-13,20,22,24,26,28,32-34,36,44H,11,14-19,21,23,25,27,29-31,35,37H2,1-10H3. The molecule has 0 saturated carbocycles. The van der Waals surface area contributed by atoms with Gasteiger partial charge in [-0.25, -0.2) is 0 Å². The van der Waals surface area contributed by atoms with Gasteiger partial charge in [0.15, 0.2) is 11.6 Å². The largest absolute Gasteiger partial charge is 0.289 e. The fourth-order valence-electron chi connectivity index (χ4n) is 6.81. The Morgan fingerprint density at radius 1 is 0.547 bits per heavy atom. The van der Waals surface area contributed by atoms with Crippen molar-refractivity contribution in [2.24, 2.45) is 5.92 Å². The molecule has 1 aromatic rings. The summed E-state index contributed by atoms with van der Waals surface area (Å²) in [6.45, 7) is 22.2. The topological polar surface area (TPSA) is 34.1 Å². The van der Waals surface area contributed by atoms with Crippen molar-refractivity contribution in [2.45, 2.75) is 172 Å². The average molecular weight is 719 g/mol. The molecule has 2 heteroatoms. The van der Waals surface area contributed by atoms with E-state index in [4.69, 9.17) is 0 Å². The van der Waals surface area contributed by atoms with Crippen molar-refractivity contribution in [3.63, 3.8) is 0 Å². The Bertz CT molecular complexity index is 1590. The second-order valence-corrected chi connectivity index (χ2v) is 16.1. The SMILES string of the molecule is CCC(C)=CCCC(C)=CCCC(C)=CCCC(C)=CCCC(C)=CCCC(C)=CCC(C)CCCC(C)=CCC1=C(C)C(=O)c2ccccc2C1=O. The molecular formula is C51H74O2. The maximum atomic E-state index is 13.0. The van der Waals surface area contributed by atoms with Crippen molar-refractivity contribution in [3.05, 3.63) is 128 Å². The van der Waals surface area contributed by atoms with Crippen LogP contribution in [-0.4, -0.2) is 11.6 Å². The zero-order valence-electron chi connectivity index (χ0n) is 35.6. The van der Waals surface area contributed by atoms with Crippen LogP contribution in [-0.2, 0) is 0 Å². The van der Waals surface area contributed by atoms with Crippen molar-refractivity contribution in [3.8, 4) is 0 Å². The number of Topliss-reactive ketones (excluding diaryl/α,β-unsaturated/α-hetero) is 2. The van der Waals surface area contributed by atoms with Gasteiger partial charge in [0.2, 0.25) is 0 Å². The highest BCUT2D eigenvalue weighted by atomic mass is 16.1. The maximum Gasteiger partial charge on any atom is 0.190 e. The summed E-state index contributed by atoms with van der Waals surface area (Å²) in [5, 5.41) is 0. The van der Waals surface area contributed by atoms with Gasteiger partial charge in [-0.2, -0.15) is 0 Å². The Kier molecular flexibility index (Phi) is 21.9. The summed E-state index contributed by atoms with van der Waals surface area (Å²) in [5.74, 6) is 0.641. The van der Waals surface area contributed by atoms with Crippen LogP contribution in [0.2, 0.25) is 0 Å². The molecule has 0 spiro atoms. The highest BCUT2D eigenvalue weighted by molar-refractivity contribution is 6.26. The second-order valence-electron chi connectivity index (χ2n) is 16.1. The van der Waals surface area contributed by atoms with Crippen LogP contribution in [0.4, 0.5) is 0 Å². The highest BCUT2D eigenvalue weighted by Gasteiger charge is 2.28. The molecule has 0 fully saturated rings. The van der Waals surface area contributed by atoms with Crippen molar-refractivity contribution < 1.29 is 9.59 Å². The number of hydrogen-bond donors (Lipinski definition) is 0. The van der Waals surface area contributed by atoms with E-state index in [1.165, 1.54) is 64.7 Å². The highest BCUT2D eigenvalue weighted by Crippen LogP contribution is 2.29. The minimum atomic E-state index is -0.0152. The average Bonchev–Trinajstić information content (AvgIpc) is 3.13. The molecule has 1 aromatic carbocycles. The van der Waals surface area contributed by atoms with Gasteiger partial charge in [-0.15, -0.1) is 0 Å². The molecule has 1 atom stereocenters. The van der Waals surface area contributed by atoms with Gasteiger partial charge in [-0.1, -0.05) is 126 Å². The molecule has 1 aliphatic rings. The minimum Gasteiger partial charge on any atom is -0.289 e. The smallest absolute Gasteiger partial charge is 0.190 e. The molecule has 1 unspecified atom stereocenters.